The molecule has 5 heteroatoms. The van der Waals surface area contributed by atoms with Crippen LogP contribution in [0, 0.1) is 0 Å². The van der Waals surface area contributed by atoms with Crippen molar-refractivity contribution in [1.29, 1.82) is 0 Å². The first-order chi connectivity index (χ1) is 9.35. The molecule has 2 N–H and O–H groups in total. The number of hydrogen-bond acceptors (Lipinski definition) is 5. The second kappa shape index (κ2) is 5.71. The Morgan fingerprint density at radius 2 is 2.15 bits per heavy atom. The summed E-state index contributed by atoms with van der Waals surface area (Å²) >= 11 is 0. The van der Waals surface area contributed by atoms with Crippen molar-refractivity contribution < 1.29 is 19.0 Å². The SMILES string of the molecule is CC(C)(C)OC(=O)c1ccc(N)c(OC2CCOC2)c1. The molecule has 0 saturated carbocycles. The van der Waals surface area contributed by atoms with Gasteiger partial charge in [0.15, 0.2) is 0 Å². The molecule has 5 nitrogen and oxygen atoms in total. The number of carbonyl (C=O) groups excluding carboxylic acids is 1. The standard InChI is InChI=1S/C15H21NO4/c1-15(2,3)20-14(17)10-4-5-12(16)13(8-10)19-11-6-7-18-9-11/h4-5,8,11H,6-7,9,16H2,1-3H3. The van der Waals surface area contributed by atoms with Crippen LogP contribution >= 0.6 is 0 Å². The van der Waals surface area contributed by atoms with Gasteiger partial charge >= 0.3 is 5.97 Å². The monoisotopic (exact) mass is 279 g/mol. The molecule has 0 radical (unpaired) electrons. The molecule has 1 aromatic rings. The van der Waals surface area contributed by atoms with Crippen LogP contribution in [-0.4, -0.2) is 30.9 Å². The third-order valence-electron chi connectivity index (χ3n) is 2.83. The summed E-state index contributed by atoms with van der Waals surface area (Å²) in [6, 6.07) is 4.92. The Balaban J connectivity index is 2.13. The van der Waals surface area contributed by atoms with Crippen molar-refractivity contribution in [2.75, 3.05) is 18.9 Å². The van der Waals surface area contributed by atoms with Crippen molar-refractivity contribution in [2.24, 2.45) is 0 Å². The second-order valence-electron chi connectivity index (χ2n) is 5.86. The molecule has 1 unspecified atom stereocenters. The number of esters is 1. The second-order valence-corrected chi connectivity index (χ2v) is 5.86. The van der Waals surface area contributed by atoms with E-state index < -0.39 is 5.60 Å². The van der Waals surface area contributed by atoms with Crippen LogP contribution in [0.2, 0.25) is 0 Å². The molecule has 1 heterocycles. The summed E-state index contributed by atoms with van der Waals surface area (Å²) in [7, 11) is 0. The van der Waals surface area contributed by atoms with Gasteiger partial charge in [-0.2, -0.15) is 0 Å². The molecule has 1 aliphatic heterocycles. The molecule has 1 atom stereocenters. The van der Waals surface area contributed by atoms with Gasteiger partial charge in [-0.15, -0.1) is 0 Å². The highest BCUT2D eigenvalue weighted by Gasteiger charge is 2.21. The van der Waals surface area contributed by atoms with Gasteiger partial charge in [-0.3, -0.25) is 0 Å². The lowest BCUT2D eigenvalue weighted by Gasteiger charge is -2.20. The Kier molecular flexibility index (Phi) is 4.18. The highest BCUT2D eigenvalue weighted by Crippen LogP contribution is 2.26. The van der Waals surface area contributed by atoms with E-state index in [1.165, 1.54) is 0 Å². The van der Waals surface area contributed by atoms with E-state index in [0.29, 0.717) is 30.2 Å². The molecular weight excluding hydrogens is 258 g/mol. The molecule has 0 spiro atoms. The molecule has 1 saturated heterocycles. The fourth-order valence-electron chi connectivity index (χ4n) is 1.89. The Hall–Kier alpha value is -1.75. The molecule has 2 rings (SSSR count). The van der Waals surface area contributed by atoms with Crippen molar-refractivity contribution in [2.45, 2.75) is 38.9 Å². The highest BCUT2D eigenvalue weighted by molar-refractivity contribution is 5.91. The molecule has 1 aromatic carbocycles. The third kappa shape index (κ3) is 3.87. The van der Waals surface area contributed by atoms with E-state index in [1.54, 1.807) is 18.2 Å². The van der Waals surface area contributed by atoms with Gasteiger partial charge in [-0.25, -0.2) is 4.79 Å². The van der Waals surface area contributed by atoms with Crippen molar-refractivity contribution in [3.05, 3.63) is 23.8 Å². The first-order valence-electron chi connectivity index (χ1n) is 6.72. The average Bonchev–Trinajstić information content (AvgIpc) is 2.82. The van der Waals surface area contributed by atoms with Crippen LogP contribution in [0.15, 0.2) is 18.2 Å². The summed E-state index contributed by atoms with van der Waals surface area (Å²) in [5, 5.41) is 0. The van der Waals surface area contributed by atoms with E-state index in [0.717, 1.165) is 6.42 Å². The van der Waals surface area contributed by atoms with Crippen LogP contribution in [0.3, 0.4) is 0 Å². The van der Waals surface area contributed by atoms with E-state index in [4.69, 9.17) is 19.9 Å². The minimum absolute atomic E-state index is 0.00816. The summed E-state index contributed by atoms with van der Waals surface area (Å²) in [5.74, 6) is 0.119. The first kappa shape index (κ1) is 14.7. The van der Waals surface area contributed by atoms with Crippen molar-refractivity contribution in [3.8, 4) is 5.75 Å². The lowest BCUT2D eigenvalue weighted by Crippen LogP contribution is -2.24. The minimum atomic E-state index is -0.529. The van der Waals surface area contributed by atoms with E-state index in [1.807, 2.05) is 20.8 Å². The van der Waals surface area contributed by atoms with Gasteiger partial charge in [-0.05, 0) is 39.0 Å². The summed E-state index contributed by atoms with van der Waals surface area (Å²) in [6.45, 7) is 6.73. The van der Waals surface area contributed by atoms with Crippen LogP contribution in [0.1, 0.15) is 37.6 Å². The largest absolute Gasteiger partial charge is 0.486 e. The third-order valence-corrected chi connectivity index (χ3v) is 2.83. The number of nitrogens with two attached hydrogens (primary N) is 1. The number of rotatable bonds is 3. The van der Waals surface area contributed by atoms with Crippen LogP contribution in [0.5, 0.6) is 5.75 Å². The van der Waals surface area contributed by atoms with Gasteiger partial charge in [0.25, 0.3) is 0 Å². The number of carbonyl (C=O) groups is 1. The van der Waals surface area contributed by atoms with E-state index in [9.17, 15) is 4.79 Å². The minimum Gasteiger partial charge on any atom is -0.486 e. The maximum atomic E-state index is 12.0. The Morgan fingerprint density at radius 1 is 1.40 bits per heavy atom. The number of hydrogen-bond donors (Lipinski definition) is 1. The fourth-order valence-corrected chi connectivity index (χ4v) is 1.89. The normalized spacial score (nSPS) is 18.9. The van der Waals surface area contributed by atoms with Gasteiger partial charge < -0.3 is 19.9 Å². The zero-order valence-corrected chi connectivity index (χ0v) is 12.1. The molecule has 0 aliphatic carbocycles. The lowest BCUT2D eigenvalue weighted by atomic mass is 10.1. The molecule has 20 heavy (non-hydrogen) atoms. The molecule has 0 aromatic heterocycles. The molecule has 0 bridgehead atoms. The highest BCUT2D eigenvalue weighted by atomic mass is 16.6. The van der Waals surface area contributed by atoms with Crippen LogP contribution in [0.25, 0.3) is 0 Å². The van der Waals surface area contributed by atoms with Gasteiger partial charge in [0, 0.05) is 6.42 Å². The van der Waals surface area contributed by atoms with Gasteiger partial charge in [0.1, 0.15) is 17.5 Å². The smallest absolute Gasteiger partial charge is 0.338 e. The van der Waals surface area contributed by atoms with Gasteiger partial charge in [0.05, 0.1) is 24.5 Å². The Labute approximate surface area is 119 Å². The van der Waals surface area contributed by atoms with Crippen LogP contribution < -0.4 is 10.5 Å². The van der Waals surface area contributed by atoms with Crippen LogP contribution in [-0.2, 0) is 9.47 Å². The van der Waals surface area contributed by atoms with E-state index >= 15 is 0 Å². The zero-order valence-electron chi connectivity index (χ0n) is 12.1. The Bertz CT molecular complexity index is 487. The lowest BCUT2D eigenvalue weighted by molar-refractivity contribution is 0.00689. The summed E-state index contributed by atoms with van der Waals surface area (Å²) < 4.78 is 16.4. The number of nitrogen functional groups attached to an aromatic ring is 1. The predicted molar refractivity (Wildman–Crippen MR) is 75.9 cm³/mol. The fraction of sp³-hybridized carbons (Fsp3) is 0.533. The van der Waals surface area contributed by atoms with Crippen molar-refractivity contribution in [1.82, 2.24) is 0 Å². The zero-order chi connectivity index (χ0) is 14.8. The number of ether oxygens (including phenoxy) is 3. The van der Waals surface area contributed by atoms with Crippen molar-refractivity contribution >= 4 is 11.7 Å². The topological polar surface area (TPSA) is 70.8 Å². The molecule has 0 amide bonds. The molecule has 1 aliphatic rings. The predicted octanol–water partition coefficient (Wildman–Crippen LogP) is 2.39. The molecular formula is C15H21NO4. The maximum Gasteiger partial charge on any atom is 0.338 e. The van der Waals surface area contributed by atoms with E-state index in [-0.39, 0.29) is 12.1 Å². The summed E-state index contributed by atoms with van der Waals surface area (Å²) in [4.78, 5) is 12.0. The van der Waals surface area contributed by atoms with E-state index in [2.05, 4.69) is 0 Å². The summed E-state index contributed by atoms with van der Waals surface area (Å²) in [6.07, 6.45) is 0.821. The van der Waals surface area contributed by atoms with Crippen molar-refractivity contribution in [3.63, 3.8) is 0 Å². The number of anilines is 1. The number of benzene rings is 1. The summed E-state index contributed by atoms with van der Waals surface area (Å²) in [5.41, 5.74) is 6.29. The maximum absolute atomic E-state index is 12.0. The first-order valence-corrected chi connectivity index (χ1v) is 6.72. The quantitative estimate of drug-likeness (QED) is 0.679. The van der Waals surface area contributed by atoms with Gasteiger partial charge in [0.2, 0.25) is 0 Å². The molecule has 1 fully saturated rings. The molecule has 110 valence electrons. The van der Waals surface area contributed by atoms with Gasteiger partial charge in [-0.1, -0.05) is 0 Å². The average molecular weight is 279 g/mol. The Morgan fingerprint density at radius 3 is 2.75 bits per heavy atom. The van der Waals surface area contributed by atoms with Crippen LogP contribution in [0.4, 0.5) is 5.69 Å².